The van der Waals surface area contributed by atoms with Gasteiger partial charge in [0, 0.05) is 0 Å². The van der Waals surface area contributed by atoms with Crippen LogP contribution in [-0.2, 0) is 23.7 Å². The number of hydrogen-bond acceptors (Lipinski definition) is 4. The molecule has 0 spiro atoms. The molecule has 2 aliphatic heterocycles. The number of rotatable bonds is 2. The van der Waals surface area contributed by atoms with E-state index in [1.54, 1.807) is 0 Å². The Morgan fingerprint density at radius 1 is 0.600 bits per heavy atom. The second kappa shape index (κ2) is 8.29. The Morgan fingerprint density at radius 2 is 1.00 bits per heavy atom. The van der Waals surface area contributed by atoms with Gasteiger partial charge in [-0.1, -0.05) is 0 Å². The third-order valence-electron chi connectivity index (χ3n) is 7.27. The van der Waals surface area contributed by atoms with E-state index in [0.717, 1.165) is 35.8 Å². The number of fused-ring (bicyclic) bond motifs is 3. The van der Waals surface area contributed by atoms with Gasteiger partial charge in [0.05, 0.1) is 0 Å². The van der Waals surface area contributed by atoms with Crippen molar-refractivity contribution < 1.29 is 18.6 Å². The Hall–Kier alpha value is -1.96. The first kappa shape index (κ1) is 23.4. The zero-order valence-corrected chi connectivity index (χ0v) is 23.8. The fourth-order valence-electron chi connectivity index (χ4n) is 5.12. The quantitative estimate of drug-likeness (QED) is 0.417. The van der Waals surface area contributed by atoms with Crippen molar-refractivity contribution in [3.63, 3.8) is 0 Å². The molecule has 7 heteroatoms. The van der Waals surface area contributed by atoms with Gasteiger partial charge >= 0.3 is 220 Å². The predicted molar refractivity (Wildman–Crippen MR) is 144 cm³/mol. The van der Waals surface area contributed by atoms with Crippen LogP contribution >= 0.6 is 0 Å². The molecule has 2 aromatic carbocycles. The molecule has 0 fully saturated rings. The van der Waals surface area contributed by atoms with Crippen molar-refractivity contribution in [3.05, 3.63) is 58.7 Å². The molecular formula is C28H32B2O4Te. The van der Waals surface area contributed by atoms with Crippen LogP contribution in [0.4, 0.5) is 0 Å². The first-order chi connectivity index (χ1) is 16.6. The Morgan fingerprint density at radius 3 is 1.40 bits per heavy atom. The number of benzene rings is 2. The van der Waals surface area contributed by atoms with Gasteiger partial charge in [-0.25, -0.2) is 0 Å². The SMILES string of the molecule is CC(C)(C)c1ccc2c(c1)OB(c1[te]c(B3Oc4ccc(C(C)(C)C)cc4O3)c3c1CCCC3)O2. The third kappa shape index (κ3) is 4.19. The van der Waals surface area contributed by atoms with E-state index in [1.165, 1.54) is 42.1 Å². The van der Waals surface area contributed by atoms with E-state index < -0.39 is 20.4 Å². The van der Waals surface area contributed by atoms with E-state index in [4.69, 9.17) is 18.6 Å². The summed E-state index contributed by atoms with van der Waals surface area (Å²) in [7, 11) is -0.640. The zero-order chi connectivity index (χ0) is 24.5. The van der Waals surface area contributed by atoms with Crippen LogP contribution in [0.2, 0.25) is 0 Å². The van der Waals surface area contributed by atoms with Crippen molar-refractivity contribution in [1.29, 1.82) is 0 Å². The normalized spacial score (nSPS) is 16.6. The maximum atomic E-state index is 6.45. The summed E-state index contributed by atoms with van der Waals surface area (Å²) in [5.74, 6) is 3.43. The van der Waals surface area contributed by atoms with Gasteiger partial charge in [-0.2, -0.15) is 0 Å². The zero-order valence-electron chi connectivity index (χ0n) is 21.5. The third-order valence-corrected chi connectivity index (χ3v) is 11.0. The molecule has 0 bridgehead atoms. The summed E-state index contributed by atoms with van der Waals surface area (Å²) in [6.07, 6.45) is 4.63. The van der Waals surface area contributed by atoms with Crippen molar-refractivity contribution in [2.24, 2.45) is 0 Å². The van der Waals surface area contributed by atoms with Gasteiger partial charge in [-0.3, -0.25) is 0 Å². The first-order valence-corrected chi connectivity index (χ1v) is 15.0. The van der Waals surface area contributed by atoms with Gasteiger partial charge in [0.2, 0.25) is 0 Å². The summed E-state index contributed by atoms with van der Waals surface area (Å²) in [5.41, 5.74) is 5.59. The molecule has 0 saturated carbocycles. The molecule has 6 rings (SSSR count). The molecule has 1 aliphatic carbocycles. The summed E-state index contributed by atoms with van der Waals surface area (Å²) < 4.78 is 28.4. The van der Waals surface area contributed by atoms with E-state index in [2.05, 4.69) is 77.9 Å². The van der Waals surface area contributed by atoms with Gasteiger partial charge in [-0.15, -0.1) is 0 Å². The molecule has 3 aromatic rings. The molecule has 0 N–H and O–H groups in total. The Bertz CT molecular complexity index is 1200. The first-order valence-electron chi connectivity index (χ1n) is 12.7. The fourth-order valence-corrected chi connectivity index (χ4v) is 8.89. The van der Waals surface area contributed by atoms with E-state index in [0.29, 0.717) is 0 Å². The van der Waals surface area contributed by atoms with Crippen molar-refractivity contribution in [2.45, 2.75) is 78.1 Å². The molecule has 0 amide bonds. The summed E-state index contributed by atoms with van der Waals surface area (Å²) in [6, 6.07) is 12.8. The Kier molecular flexibility index (Phi) is 5.55. The minimum absolute atomic E-state index is 0.0736. The van der Waals surface area contributed by atoms with Crippen molar-refractivity contribution in [2.75, 3.05) is 0 Å². The Balaban J connectivity index is 1.31. The summed E-state index contributed by atoms with van der Waals surface area (Å²) in [5, 5.41) is 0. The van der Waals surface area contributed by atoms with Crippen LogP contribution in [0.3, 0.4) is 0 Å². The van der Waals surface area contributed by atoms with Gasteiger partial charge in [-0.05, 0) is 0 Å². The average molecular weight is 582 g/mol. The van der Waals surface area contributed by atoms with Gasteiger partial charge in [0.1, 0.15) is 0 Å². The minimum atomic E-state index is -0.708. The van der Waals surface area contributed by atoms with Crippen LogP contribution in [0.1, 0.15) is 76.6 Å². The van der Waals surface area contributed by atoms with E-state index in [-0.39, 0.29) is 25.1 Å². The van der Waals surface area contributed by atoms with Crippen LogP contribution in [0.15, 0.2) is 36.4 Å². The maximum absolute atomic E-state index is 6.45. The molecule has 0 saturated heterocycles. The van der Waals surface area contributed by atoms with Crippen LogP contribution in [-0.4, -0.2) is 34.7 Å². The molecule has 0 atom stereocenters. The van der Waals surface area contributed by atoms with Gasteiger partial charge < -0.3 is 0 Å². The molecule has 4 nitrogen and oxygen atoms in total. The average Bonchev–Trinajstić information content (AvgIpc) is 3.50. The fraction of sp³-hybridized carbons (Fsp3) is 0.429. The topological polar surface area (TPSA) is 36.9 Å². The molecule has 0 unspecified atom stereocenters. The van der Waals surface area contributed by atoms with E-state index in [9.17, 15) is 0 Å². The van der Waals surface area contributed by atoms with Crippen molar-refractivity contribution in [3.8, 4) is 23.0 Å². The molecule has 3 aliphatic rings. The molecule has 1 aromatic heterocycles. The van der Waals surface area contributed by atoms with Crippen LogP contribution in [0.25, 0.3) is 0 Å². The number of hydrogen-bond donors (Lipinski definition) is 0. The summed E-state index contributed by atoms with van der Waals surface area (Å²) in [6.45, 7) is 13.4. The summed E-state index contributed by atoms with van der Waals surface area (Å²) >= 11 is -0.708. The molecule has 3 heterocycles. The molecule has 35 heavy (non-hydrogen) atoms. The van der Waals surface area contributed by atoms with E-state index in [1.807, 2.05) is 0 Å². The van der Waals surface area contributed by atoms with E-state index >= 15 is 0 Å². The van der Waals surface area contributed by atoms with Crippen molar-refractivity contribution >= 4 is 41.6 Å². The summed E-state index contributed by atoms with van der Waals surface area (Å²) in [4.78, 5) is 0. The molecule has 180 valence electrons. The van der Waals surface area contributed by atoms with Gasteiger partial charge in [0.15, 0.2) is 0 Å². The molecular weight excluding hydrogens is 550 g/mol. The second-order valence-corrected chi connectivity index (χ2v) is 15.0. The van der Waals surface area contributed by atoms with Crippen LogP contribution in [0.5, 0.6) is 23.0 Å². The second-order valence-electron chi connectivity index (χ2n) is 12.0. The van der Waals surface area contributed by atoms with Crippen LogP contribution in [0, 0.1) is 0 Å². The van der Waals surface area contributed by atoms with Gasteiger partial charge in [0.25, 0.3) is 0 Å². The monoisotopic (exact) mass is 584 g/mol. The van der Waals surface area contributed by atoms with Crippen LogP contribution < -0.4 is 25.6 Å². The Labute approximate surface area is 219 Å². The van der Waals surface area contributed by atoms with Crippen molar-refractivity contribution in [1.82, 2.24) is 0 Å². The predicted octanol–water partition coefficient (Wildman–Crippen LogP) is 4.55. The molecule has 0 radical (unpaired) electrons. The standard InChI is InChI=1S/C28H32B2O4Te/c1-27(2,3)17-11-13-21-23(15-17)33-29(31-21)25-19-9-7-8-10-20(19)26(35-25)30-32-22-14-12-18(28(4,5)6)16-24(22)34-30/h11-16H,7-10H2,1-6H3.